The molecule has 2 aromatic heterocycles. The second-order valence-electron chi connectivity index (χ2n) is 5.69. The highest BCUT2D eigenvalue weighted by Gasteiger charge is 2.09. The number of hydrogen-bond acceptors (Lipinski definition) is 1. The maximum atomic E-state index is 4.81. The Morgan fingerprint density at radius 2 is 1.70 bits per heavy atom. The Balaban J connectivity index is 1.92. The molecule has 23 heavy (non-hydrogen) atoms. The maximum Gasteiger partial charge on any atom is 0.0874 e. The van der Waals surface area contributed by atoms with Crippen LogP contribution in [0.3, 0.4) is 0 Å². The van der Waals surface area contributed by atoms with Gasteiger partial charge in [0.15, 0.2) is 0 Å². The van der Waals surface area contributed by atoms with Crippen LogP contribution in [0.4, 0.5) is 0 Å². The highest BCUT2D eigenvalue weighted by Crippen LogP contribution is 2.28. The van der Waals surface area contributed by atoms with Crippen LogP contribution >= 0.6 is 0 Å². The average Bonchev–Trinajstić information content (AvgIpc) is 2.99. The molecule has 0 aliphatic rings. The Bertz CT molecular complexity index is 994. The van der Waals surface area contributed by atoms with Gasteiger partial charge < -0.3 is 4.98 Å². The monoisotopic (exact) mass is 298 g/mol. The summed E-state index contributed by atoms with van der Waals surface area (Å²) < 4.78 is 0. The van der Waals surface area contributed by atoms with Gasteiger partial charge in [-0.1, -0.05) is 61.5 Å². The first-order valence-electron chi connectivity index (χ1n) is 7.98. The van der Waals surface area contributed by atoms with E-state index >= 15 is 0 Å². The van der Waals surface area contributed by atoms with Crippen molar-refractivity contribution in [2.75, 3.05) is 0 Å². The number of nitrogens with one attached hydrogen (secondary N) is 1. The number of aryl methyl sites for hydroxylation is 1. The van der Waals surface area contributed by atoms with Gasteiger partial charge in [0, 0.05) is 22.0 Å². The zero-order valence-corrected chi connectivity index (χ0v) is 13.1. The number of nitrogens with zero attached hydrogens (tertiary/aromatic N) is 1. The largest absolute Gasteiger partial charge is 0.353 e. The van der Waals surface area contributed by atoms with Crippen LogP contribution in [0, 0.1) is 0 Å². The number of hydrogen-bond donors (Lipinski definition) is 1. The molecule has 0 amide bonds. The van der Waals surface area contributed by atoms with Crippen molar-refractivity contribution in [2.24, 2.45) is 0 Å². The molecule has 0 bridgehead atoms. The fourth-order valence-corrected chi connectivity index (χ4v) is 2.97. The predicted molar refractivity (Wildman–Crippen MR) is 98.3 cm³/mol. The van der Waals surface area contributed by atoms with E-state index in [0.29, 0.717) is 0 Å². The van der Waals surface area contributed by atoms with E-state index in [9.17, 15) is 0 Å². The lowest BCUT2D eigenvalue weighted by Gasteiger charge is -2.02. The molecule has 2 heterocycles. The van der Waals surface area contributed by atoms with Gasteiger partial charge in [0.2, 0.25) is 0 Å². The third-order valence-corrected chi connectivity index (χ3v) is 4.17. The molecule has 0 saturated heterocycles. The Kier molecular flexibility index (Phi) is 3.43. The Labute approximate surface area is 135 Å². The molecule has 0 aliphatic heterocycles. The third kappa shape index (κ3) is 2.53. The molecule has 0 atom stereocenters. The zero-order chi connectivity index (χ0) is 15.6. The molecule has 2 heteroatoms. The summed E-state index contributed by atoms with van der Waals surface area (Å²) in [6.07, 6.45) is 5.15. The minimum absolute atomic E-state index is 0.932. The van der Waals surface area contributed by atoms with Crippen molar-refractivity contribution in [3.63, 3.8) is 0 Å². The second-order valence-corrected chi connectivity index (χ2v) is 5.69. The summed E-state index contributed by atoms with van der Waals surface area (Å²) >= 11 is 0. The van der Waals surface area contributed by atoms with E-state index in [1.54, 1.807) is 0 Å². The first-order valence-corrected chi connectivity index (χ1v) is 7.98. The van der Waals surface area contributed by atoms with E-state index in [-0.39, 0.29) is 0 Å². The average molecular weight is 298 g/mol. The summed E-state index contributed by atoms with van der Waals surface area (Å²) in [5, 5.41) is 2.51. The number of aromatic amines is 1. The number of benzene rings is 2. The van der Waals surface area contributed by atoms with Crippen LogP contribution in [0.15, 0.2) is 60.7 Å². The Hall–Kier alpha value is -2.87. The molecule has 0 saturated carbocycles. The fourth-order valence-electron chi connectivity index (χ4n) is 2.97. The van der Waals surface area contributed by atoms with Gasteiger partial charge in [0.05, 0.1) is 11.2 Å². The Morgan fingerprint density at radius 3 is 2.52 bits per heavy atom. The summed E-state index contributed by atoms with van der Waals surface area (Å²) in [5.74, 6) is 0. The molecule has 1 N–H and O–H groups in total. The van der Waals surface area contributed by atoms with Gasteiger partial charge in [-0.15, -0.1) is 0 Å². The molecular formula is C21H18N2. The van der Waals surface area contributed by atoms with Gasteiger partial charge in [-0.3, -0.25) is 4.98 Å². The van der Waals surface area contributed by atoms with Crippen LogP contribution in [0.1, 0.15) is 23.9 Å². The lowest BCUT2D eigenvalue weighted by Crippen LogP contribution is -1.91. The number of pyridine rings is 1. The van der Waals surface area contributed by atoms with Crippen LogP contribution in [-0.2, 0) is 6.42 Å². The number of fused-ring (bicyclic) bond motifs is 3. The molecule has 0 aliphatic carbocycles. The van der Waals surface area contributed by atoms with Crippen molar-refractivity contribution in [1.29, 1.82) is 0 Å². The first-order chi connectivity index (χ1) is 11.3. The van der Waals surface area contributed by atoms with Gasteiger partial charge in [-0.2, -0.15) is 0 Å². The van der Waals surface area contributed by atoms with Gasteiger partial charge in [0.25, 0.3) is 0 Å². The van der Waals surface area contributed by atoms with Crippen LogP contribution < -0.4 is 0 Å². The molecule has 112 valence electrons. The SMILES string of the molecule is CCc1cc2c([nH]c3ccccc32)c(/C=C/c2ccccc2)n1. The van der Waals surface area contributed by atoms with Crippen LogP contribution in [0.5, 0.6) is 0 Å². The standard InChI is InChI=1S/C21H18N2/c1-2-16-14-18-17-10-6-7-11-19(17)23-21(18)20(22-16)13-12-15-8-4-3-5-9-15/h3-14,23H,2H2,1H3/b13-12+. The summed E-state index contributed by atoms with van der Waals surface area (Å²) in [7, 11) is 0. The van der Waals surface area contributed by atoms with Crippen molar-refractivity contribution in [3.8, 4) is 0 Å². The Morgan fingerprint density at radius 1 is 0.913 bits per heavy atom. The molecule has 0 unspecified atom stereocenters. The van der Waals surface area contributed by atoms with Gasteiger partial charge in [0.1, 0.15) is 0 Å². The second kappa shape index (κ2) is 5.73. The molecule has 2 aromatic carbocycles. The minimum Gasteiger partial charge on any atom is -0.353 e. The van der Waals surface area contributed by atoms with E-state index in [1.807, 2.05) is 18.2 Å². The van der Waals surface area contributed by atoms with Gasteiger partial charge in [-0.05, 0) is 30.2 Å². The molecule has 4 aromatic rings. The lowest BCUT2D eigenvalue weighted by atomic mass is 10.1. The van der Waals surface area contributed by atoms with Crippen LogP contribution in [0.2, 0.25) is 0 Å². The van der Waals surface area contributed by atoms with E-state index in [1.165, 1.54) is 16.3 Å². The van der Waals surface area contributed by atoms with Crippen LogP contribution in [-0.4, -0.2) is 9.97 Å². The topological polar surface area (TPSA) is 28.7 Å². The lowest BCUT2D eigenvalue weighted by molar-refractivity contribution is 1.04. The summed E-state index contributed by atoms with van der Waals surface area (Å²) in [6, 6.07) is 21.0. The van der Waals surface area contributed by atoms with E-state index in [0.717, 1.165) is 28.8 Å². The summed E-state index contributed by atoms with van der Waals surface area (Å²) in [4.78, 5) is 8.33. The van der Waals surface area contributed by atoms with Crippen molar-refractivity contribution < 1.29 is 0 Å². The molecule has 4 rings (SSSR count). The highest BCUT2D eigenvalue weighted by molar-refractivity contribution is 6.09. The fraction of sp³-hybridized carbons (Fsp3) is 0.0952. The number of aromatic nitrogens is 2. The smallest absolute Gasteiger partial charge is 0.0874 e. The van der Waals surface area contributed by atoms with E-state index < -0.39 is 0 Å². The molecule has 0 fully saturated rings. The zero-order valence-electron chi connectivity index (χ0n) is 13.1. The van der Waals surface area contributed by atoms with Crippen LogP contribution in [0.25, 0.3) is 34.0 Å². The third-order valence-electron chi connectivity index (χ3n) is 4.17. The number of para-hydroxylation sites is 1. The van der Waals surface area contributed by atoms with Crippen molar-refractivity contribution in [2.45, 2.75) is 13.3 Å². The normalized spacial score (nSPS) is 11.7. The molecule has 0 radical (unpaired) electrons. The summed E-state index contributed by atoms with van der Waals surface area (Å²) in [6.45, 7) is 2.15. The van der Waals surface area contributed by atoms with E-state index in [4.69, 9.17) is 4.98 Å². The first kappa shape index (κ1) is 13.8. The predicted octanol–water partition coefficient (Wildman–Crippen LogP) is 5.45. The van der Waals surface area contributed by atoms with Crippen molar-refractivity contribution >= 4 is 34.0 Å². The molecular weight excluding hydrogens is 280 g/mol. The number of H-pyrrole nitrogens is 1. The van der Waals surface area contributed by atoms with Crippen molar-refractivity contribution in [1.82, 2.24) is 9.97 Å². The van der Waals surface area contributed by atoms with Gasteiger partial charge in [-0.25, -0.2) is 0 Å². The minimum atomic E-state index is 0.932. The molecule has 0 spiro atoms. The van der Waals surface area contributed by atoms with Gasteiger partial charge >= 0.3 is 0 Å². The number of rotatable bonds is 3. The molecule has 2 nitrogen and oxygen atoms in total. The quantitative estimate of drug-likeness (QED) is 0.535. The van der Waals surface area contributed by atoms with E-state index in [2.05, 4.69) is 66.5 Å². The summed E-state index contributed by atoms with van der Waals surface area (Å²) in [5.41, 5.74) is 5.57. The van der Waals surface area contributed by atoms with Crippen molar-refractivity contribution in [3.05, 3.63) is 77.6 Å². The highest BCUT2D eigenvalue weighted by atomic mass is 14.8. The maximum absolute atomic E-state index is 4.81.